The topological polar surface area (TPSA) is 151 Å². The van der Waals surface area contributed by atoms with Gasteiger partial charge in [-0.05, 0) is 110 Å². The van der Waals surface area contributed by atoms with Crippen molar-refractivity contribution < 1.29 is 38.0 Å². The van der Waals surface area contributed by atoms with Crippen LogP contribution in [0, 0.1) is 0 Å². The number of carbonyl (C=O) groups is 2. The van der Waals surface area contributed by atoms with E-state index in [-0.39, 0.29) is 30.8 Å². The smallest absolute Gasteiger partial charge is 0.247 e. The zero-order chi connectivity index (χ0) is 50.0. The molecule has 6 rings (SSSR count). The van der Waals surface area contributed by atoms with Gasteiger partial charge in [-0.3, -0.25) is 9.59 Å². The molecule has 2 N–H and O–H groups in total. The van der Waals surface area contributed by atoms with Gasteiger partial charge in [-0.1, -0.05) is 79.1 Å². The molecule has 0 spiro atoms. The molecule has 15 heteroatoms. The monoisotopic (exact) mass is 972 g/mol. The fourth-order valence-electron chi connectivity index (χ4n) is 8.07. The number of aromatic nitrogens is 3. The summed E-state index contributed by atoms with van der Waals surface area (Å²) in [6.45, 7) is 14.7. The summed E-state index contributed by atoms with van der Waals surface area (Å²) in [4.78, 5) is 32.6. The van der Waals surface area contributed by atoms with Crippen LogP contribution in [0.3, 0.4) is 0 Å². The first-order chi connectivity index (χ1) is 34.8. The van der Waals surface area contributed by atoms with Crippen molar-refractivity contribution in [3.8, 4) is 17.2 Å². The lowest BCUT2D eigenvalue weighted by molar-refractivity contribution is -0.141. The molecule has 1 fully saturated rings. The third-order valence-corrected chi connectivity index (χ3v) is 12.2. The molecule has 380 valence electrons. The molecule has 2 amide bonds. The van der Waals surface area contributed by atoms with Crippen LogP contribution in [-0.2, 0) is 43.2 Å². The number of amides is 2. The van der Waals surface area contributed by atoms with Gasteiger partial charge >= 0.3 is 0 Å². The number of hydrogen-bond donors (Lipinski definition) is 2. The maximum atomic E-state index is 14.3. The highest BCUT2D eigenvalue weighted by molar-refractivity contribution is 5.97. The highest BCUT2D eigenvalue weighted by Crippen LogP contribution is 2.40. The van der Waals surface area contributed by atoms with Crippen molar-refractivity contribution in [2.75, 3.05) is 99.0 Å². The third kappa shape index (κ3) is 17.7. The summed E-state index contributed by atoms with van der Waals surface area (Å²) in [6, 6.07) is 26.6. The van der Waals surface area contributed by atoms with Crippen molar-refractivity contribution in [3.05, 3.63) is 145 Å². The Balaban J connectivity index is 0.822. The van der Waals surface area contributed by atoms with E-state index in [0.29, 0.717) is 78.0 Å². The largest absolute Gasteiger partial charge is 0.496 e. The van der Waals surface area contributed by atoms with Crippen molar-refractivity contribution >= 4 is 28.3 Å². The number of hydrogen-bond acceptors (Lipinski definition) is 12. The van der Waals surface area contributed by atoms with Crippen LogP contribution in [0.2, 0.25) is 0 Å². The summed E-state index contributed by atoms with van der Waals surface area (Å²) in [7, 11) is 5.63. The first-order valence-corrected chi connectivity index (χ1v) is 24.8. The molecule has 0 aliphatic heterocycles. The molecule has 1 unspecified atom stereocenters. The standard InChI is InChI=1S/C56H73N7O8/c1-6-12-43(7-2)41-58-56(65)55(52-26-27-53(66-5)51-14-9-8-13-50(51)52)63(47-20-21-47)54(64)28-17-44-15-22-48(23-16-44)70-33-11-10-30-61(4)31-35-68-38-37-67-34-29-46-42-62(60-59-46)32-36-69-39-40-71-49-24-18-45(57-3)19-25-49/h6-9,12-16,18-19,22-27,42,47,55,57H,1-2,10-11,17,20-21,28-41H2,3-5H3,(H,58,65)/b43-12+. The number of unbranched alkanes of at least 4 members (excludes halogenated alkanes) is 1. The summed E-state index contributed by atoms with van der Waals surface area (Å²) in [5.41, 5.74) is 4.55. The highest BCUT2D eigenvalue weighted by atomic mass is 16.5. The van der Waals surface area contributed by atoms with Crippen molar-refractivity contribution in [3.63, 3.8) is 0 Å². The number of nitrogens with one attached hydrogen (secondary N) is 2. The average Bonchev–Trinajstić information content (AvgIpc) is 4.14. The maximum absolute atomic E-state index is 14.3. The second-order valence-electron chi connectivity index (χ2n) is 17.4. The fourth-order valence-corrected chi connectivity index (χ4v) is 8.07. The van der Waals surface area contributed by atoms with Gasteiger partial charge in [-0.25, -0.2) is 4.68 Å². The first-order valence-electron chi connectivity index (χ1n) is 24.8. The van der Waals surface area contributed by atoms with E-state index in [0.717, 1.165) is 89.1 Å². The van der Waals surface area contributed by atoms with Crippen molar-refractivity contribution in [1.29, 1.82) is 0 Å². The van der Waals surface area contributed by atoms with Gasteiger partial charge in [0, 0.05) is 56.3 Å². The molecule has 1 saturated carbocycles. The molecular formula is C56H73N7O8. The Labute approximate surface area is 419 Å². The molecule has 1 aliphatic rings. The number of allylic oxidation sites excluding steroid dienone is 2. The molecular weight excluding hydrogens is 899 g/mol. The fraction of sp³-hybridized carbons (Fsp3) is 0.429. The van der Waals surface area contributed by atoms with Crippen molar-refractivity contribution in [2.24, 2.45) is 0 Å². The number of rotatable bonds is 35. The minimum atomic E-state index is -0.822. The van der Waals surface area contributed by atoms with Gasteiger partial charge in [0.2, 0.25) is 11.8 Å². The van der Waals surface area contributed by atoms with Crippen LogP contribution in [0.25, 0.3) is 10.8 Å². The minimum absolute atomic E-state index is 0.0153. The van der Waals surface area contributed by atoms with E-state index in [1.54, 1.807) is 23.9 Å². The van der Waals surface area contributed by atoms with Crippen LogP contribution < -0.4 is 24.8 Å². The molecule has 0 saturated heterocycles. The van der Waals surface area contributed by atoms with Gasteiger partial charge in [0.1, 0.15) is 29.9 Å². The number of fused-ring (bicyclic) bond motifs is 1. The Morgan fingerprint density at radius 3 is 2.23 bits per heavy atom. The zero-order valence-corrected chi connectivity index (χ0v) is 41.9. The Bertz CT molecular complexity index is 2440. The quantitative estimate of drug-likeness (QED) is 0.0299. The Morgan fingerprint density at radius 2 is 1.51 bits per heavy atom. The van der Waals surface area contributed by atoms with E-state index in [2.05, 4.69) is 46.1 Å². The summed E-state index contributed by atoms with van der Waals surface area (Å²) < 4.78 is 36.5. The first kappa shape index (κ1) is 53.8. The predicted molar refractivity (Wildman–Crippen MR) is 279 cm³/mol. The van der Waals surface area contributed by atoms with E-state index < -0.39 is 6.04 Å². The lowest BCUT2D eigenvalue weighted by Crippen LogP contribution is -2.45. The molecule has 71 heavy (non-hydrogen) atoms. The molecule has 1 atom stereocenters. The number of benzene rings is 4. The number of nitrogens with zero attached hydrogens (tertiary/aromatic N) is 5. The second kappa shape index (κ2) is 29.6. The number of aryl methyl sites for hydroxylation is 1. The maximum Gasteiger partial charge on any atom is 0.247 e. The normalized spacial score (nSPS) is 12.9. The number of methoxy groups -OCH3 is 1. The van der Waals surface area contributed by atoms with Gasteiger partial charge < -0.3 is 48.9 Å². The van der Waals surface area contributed by atoms with Crippen molar-refractivity contribution in [1.82, 2.24) is 30.1 Å². The second-order valence-corrected chi connectivity index (χ2v) is 17.4. The van der Waals surface area contributed by atoms with Gasteiger partial charge in [0.15, 0.2) is 0 Å². The Hall–Kier alpha value is -6.52. The molecule has 4 aromatic carbocycles. The van der Waals surface area contributed by atoms with Crippen LogP contribution in [-0.4, -0.2) is 136 Å². The Morgan fingerprint density at radius 1 is 0.803 bits per heavy atom. The van der Waals surface area contributed by atoms with E-state index >= 15 is 0 Å². The summed E-state index contributed by atoms with van der Waals surface area (Å²) in [5, 5.41) is 16.4. The number of anilines is 1. The average molecular weight is 972 g/mol. The molecule has 5 aromatic rings. The van der Waals surface area contributed by atoms with Crippen LogP contribution in [0.15, 0.2) is 128 Å². The van der Waals surface area contributed by atoms with E-state index in [9.17, 15) is 9.59 Å². The number of ether oxygens (including phenoxy) is 6. The Kier molecular flexibility index (Phi) is 22.4. The molecule has 1 heterocycles. The number of carbonyl (C=O) groups excluding carboxylic acids is 2. The van der Waals surface area contributed by atoms with Gasteiger partial charge in [0.25, 0.3) is 0 Å². The van der Waals surface area contributed by atoms with Gasteiger partial charge in [-0.15, -0.1) is 5.10 Å². The van der Waals surface area contributed by atoms with Crippen LogP contribution in [0.5, 0.6) is 17.2 Å². The molecule has 0 radical (unpaired) electrons. The summed E-state index contributed by atoms with van der Waals surface area (Å²) in [5.74, 6) is 2.03. The SMILES string of the molecule is C=C/C=C(\C=C)CNC(=O)C(c1ccc(OC)c2ccccc12)N(C(=O)CCc1ccc(OCCCCN(C)CCOCCOCCc2cn(CCOCCOc3ccc(NC)cc3)nn2)cc1)C1CC1. The van der Waals surface area contributed by atoms with E-state index in [1.807, 2.05) is 109 Å². The number of likely N-dealkylation sites (N-methyl/N-ethyl adjacent to an activating group) is 1. The van der Waals surface area contributed by atoms with Crippen LogP contribution in [0.1, 0.15) is 55.0 Å². The third-order valence-electron chi connectivity index (χ3n) is 12.2. The molecule has 0 bridgehead atoms. The summed E-state index contributed by atoms with van der Waals surface area (Å²) >= 11 is 0. The minimum Gasteiger partial charge on any atom is -0.496 e. The van der Waals surface area contributed by atoms with Gasteiger partial charge in [-0.2, -0.15) is 0 Å². The van der Waals surface area contributed by atoms with Crippen LogP contribution in [0.4, 0.5) is 5.69 Å². The van der Waals surface area contributed by atoms with Crippen molar-refractivity contribution in [2.45, 2.75) is 63.6 Å². The predicted octanol–water partition coefficient (Wildman–Crippen LogP) is 8.02. The molecule has 1 aromatic heterocycles. The lowest BCUT2D eigenvalue weighted by Gasteiger charge is -2.32. The zero-order valence-electron chi connectivity index (χ0n) is 41.9. The van der Waals surface area contributed by atoms with Gasteiger partial charge in [0.05, 0.1) is 65.6 Å². The molecule has 15 nitrogen and oxygen atoms in total. The highest BCUT2D eigenvalue weighted by Gasteiger charge is 2.41. The lowest BCUT2D eigenvalue weighted by atomic mass is 9.95. The summed E-state index contributed by atoms with van der Waals surface area (Å²) in [6.07, 6.45) is 12.2. The van der Waals surface area contributed by atoms with Crippen LogP contribution >= 0.6 is 0 Å². The molecule has 1 aliphatic carbocycles. The van der Waals surface area contributed by atoms with E-state index in [4.69, 9.17) is 28.4 Å². The van der Waals surface area contributed by atoms with E-state index in [1.165, 1.54) is 0 Å².